The van der Waals surface area contributed by atoms with E-state index < -0.39 is 12.0 Å². The predicted molar refractivity (Wildman–Crippen MR) is 137 cm³/mol. The van der Waals surface area contributed by atoms with Crippen molar-refractivity contribution in [2.24, 2.45) is 0 Å². The summed E-state index contributed by atoms with van der Waals surface area (Å²) in [5.74, 6) is -0.512. The zero-order valence-corrected chi connectivity index (χ0v) is 21.5. The molecule has 0 fully saturated rings. The van der Waals surface area contributed by atoms with Gasteiger partial charge in [-0.15, -0.1) is 0 Å². The zero-order chi connectivity index (χ0) is 25.4. The fourth-order valence-electron chi connectivity index (χ4n) is 3.67. The topological polar surface area (TPSA) is 109 Å². The third kappa shape index (κ3) is 6.83. The van der Waals surface area contributed by atoms with Gasteiger partial charge in [0.05, 0.1) is 18.2 Å². The molecule has 1 aliphatic rings. The van der Waals surface area contributed by atoms with E-state index in [0.717, 1.165) is 10.9 Å². The molecule has 2 aromatic carbocycles. The maximum Gasteiger partial charge on any atom is 0.338 e. The van der Waals surface area contributed by atoms with Gasteiger partial charge >= 0.3 is 18.0 Å². The second-order valence-corrected chi connectivity index (χ2v) is 8.79. The van der Waals surface area contributed by atoms with Crippen LogP contribution in [0, 0.1) is 0 Å². The summed E-state index contributed by atoms with van der Waals surface area (Å²) in [4.78, 5) is 39.6. The number of urea groups is 2. The molecule has 0 spiro atoms. The molecular weight excluding hydrogens is 516 g/mol. The highest BCUT2D eigenvalue weighted by molar-refractivity contribution is 9.10. The molecule has 0 aliphatic carbocycles. The normalized spacial score (nSPS) is 15.5. The van der Waals surface area contributed by atoms with Crippen LogP contribution < -0.4 is 16.0 Å². The molecule has 186 valence electrons. The first-order valence-corrected chi connectivity index (χ1v) is 12.0. The van der Waals surface area contributed by atoms with Crippen molar-refractivity contribution in [2.75, 3.05) is 37.5 Å². The summed E-state index contributed by atoms with van der Waals surface area (Å²) in [5.41, 5.74) is 2.82. The highest BCUT2D eigenvalue weighted by atomic mass is 79.9. The van der Waals surface area contributed by atoms with Gasteiger partial charge in [0.15, 0.2) is 0 Å². The number of hydrogen-bond acceptors (Lipinski definition) is 5. The summed E-state index contributed by atoms with van der Waals surface area (Å²) in [5, 5.41) is 8.44. The Labute approximate surface area is 213 Å². The Kier molecular flexibility index (Phi) is 9.27. The van der Waals surface area contributed by atoms with Gasteiger partial charge in [-0.05, 0) is 55.3 Å². The van der Waals surface area contributed by atoms with Crippen molar-refractivity contribution in [3.63, 3.8) is 0 Å². The van der Waals surface area contributed by atoms with Crippen LogP contribution in [0.25, 0.3) is 0 Å². The van der Waals surface area contributed by atoms with E-state index in [2.05, 4.69) is 31.9 Å². The Balaban J connectivity index is 1.78. The maximum absolute atomic E-state index is 12.9. The summed E-state index contributed by atoms with van der Waals surface area (Å²) >= 11 is 3.36. The first-order chi connectivity index (χ1) is 16.8. The number of methoxy groups -OCH3 is 1. The van der Waals surface area contributed by atoms with Crippen LogP contribution in [0.4, 0.5) is 21.0 Å². The van der Waals surface area contributed by atoms with Crippen LogP contribution in [0.3, 0.4) is 0 Å². The number of carbonyl (C=O) groups is 3. The van der Waals surface area contributed by atoms with E-state index in [1.165, 1.54) is 7.11 Å². The molecule has 1 aliphatic heterocycles. The number of esters is 1. The molecular formula is C25H29BrN4O5. The lowest BCUT2D eigenvalue weighted by atomic mass is 9.94. The smallest absolute Gasteiger partial charge is 0.338 e. The molecule has 0 saturated heterocycles. The number of nitrogens with zero attached hydrogens (tertiary/aromatic N) is 1. The van der Waals surface area contributed by atoms with Crippen molar-refractivity contribution >= 4 is 45.3 Å². The lowest BCUT2D eigenvalue weighted by molar-refractivity contribution is -0.140. The van der Waals surface area contributed by atoms with Gasteiger partial charge in [-0.3, -0.25) is 4.90 Å². The highest BCUT2D eigenvalue weighted by Gasteiger charge is 2.36. The van der Waals surface area contributed by atoms with Crippen LogP contribution >= 0.6 is 15.9 Å². The minimum absolute atomic E-state index is 0.108. The molecule has 0 saturated carbocycles. The summed E-state index contributed by atoms with van der Waals surface area (Å²) in [7, 11) is 1.53. The molecule has 0 bridgehead atoms. The van der Waals surface area contributed by atoms with Crippen LogP contribution in [0.5, 0.6) is 0 Å². The van der Waals surface area contributed by atoms with Crippen LogP contribution in [0.1, 0.15) is 31.9 Å². The molecule has 2 aromatic rings. The van der Waals surface area contributed by atoms with E-state index in [9.17, 15) is 14.4 Å². The molecule has 0 radical (unpaired) electrons. The minimum Gasteiger partial charge on any atom is -0.460 e. The quantitative estimate of drug-likeness (QED) is 0.303. The molecule has 3 rings (SSSR count). The number of anilines is 2. The molecule has 1 unspecified atom stereocenters. The lowest BCUT2D eigenvalue weighted by Gasteiger charge is -2.35. The number of nitrogens with one attached hydrogen (secondary N) is 3. The van der Waals surface area contributed by atoms with E-state index in [1.54, 1.807) is 48.2 Å². The molecule has 0 aromatic heterocycles. The number of hydrogen-bond donors (Lipinski definition) is 3. The Morgan fingerprint density at radius 1 is 1.03 bits per heavy atom. The predicted octanol–water partition coefficient (Wildman–Crippen LogP) is 5.03. The summed E-state index contributed by atoms with van der Waals surface area (Å²) in [6.07, 6.45) is 0.740. The SMILES string of the molecule is CCCN1C(=O)NC(c2ccc(NC(=O)Nc3ccc(Br)cc3)cc2)C(C(=O)OCCOC)=C1C. The third-order valence-corrected chi connectivity index (χ3v) is 5.92. The molecule has 1 atom stereocenters. The largest absolute Gasteiger partial charge is 0.460 e. The minimum atomic E-state index is -0.684. The Hall–Kier alpha value is -3.37. The Bertz CT molecular complexity index is 1090. The van der Waals surface area contributed by atoms with E-state index in [-0.39, 0.29) is 25.3 Å². The van der Waals surface area contributed by atoms with Gasteiger partial charge < -0.3 is 25.4 Å². The molecule has 35 heavy (non-hydrogen) atoms. The standard InChI is InChI=1S/C25H29BrN4O5/c1-4-13-30-16(2)21(23(31)35-15-14-34-3)22(29-25(30)33)17-5-9-19(10-6-17)27-24(32)28-20-11-7-18(26)8-12-20/h5-12,22H,4,13-15H2,1-3H3,(H,29,33)(H2,27,28,32). The molecule has 3 N–H and O–H groups in total. The van der Waals surface area contributed by atoms with Crippen molar-refractivity contribution in [3.8, 4) is 0 Å². The van der Waals surface area contributed by atoms with Crippen LogP contribution in [-0.4, -0.2) is 49.8 Å². The molecule has 1 heterocycles. The summed E-state index contributed by atoms with van der Waals surface area (Å²) in [6.45, 7) is 4.57. The van der Waals surface area contributed by atoms with Gasteiger partial charge in [0.1, 0.15) is 6.61 Å². The molecule has 4 amide bonds. The zero-order valence-electron chi connectivity index (χ0n) is 19.9. The van der Waals surface area contributed by atoms with Gasteiger partial charge in [0.25, 0.3) is 0 Å². The number of amides is 4. The van der Waals surface area contributed by atoms with E-state index >= 15 is 0 Å². The molecule has 10 heteroatoms. The van der Waals surface area contributed by atoms with E-state index in [4.69, 9.17) is 9.47 Å². The first-order valence-electron chi connectivity index (χ1n) is 11.2. The Morgan fingerprint density at radius 2 is 1.63 bits per heavy atom. The van der Waals surface area contributed by atoms with Crippen molar-refractivity contribution < 1.29 is 23.9 Å². The second kappa shape index (κ2) is 12.4. The van der Waals surface area contributed by atoms with E-state index in [0.29, 0.717) is 34.8 Å². The van der Waals surface area contributed by atoms with Crippen LogP contribution in [0.15, 0.2) is 64.3 Å². The Morgan fingerprint density at radius 3 is 2.20 bits per heavy atom. The summed E-state index contributed by atoms with van der Waals surface area (Å²) in [6, 6.07) is 12.8. The van der Waals surface area contributed by atoms with Crippen LogP contribution in [-0.2, 0) is 14.3 Å². The van der Waals surface area contributed by atoms with Crippen molar-refractivity contribution in [1.82, 2.24) is 10.2 Å². The average Bonchev–Trinajstić information content (AvgIpc) is 2.83. The van der Waals surface area contributed by atoms with Gasteiger partial charge in [-0.2, -0.15) is 0 Å². The van der Waals surface area contributed by atoms with Crippen molar-refractivity contribution in [3.05, 3.63) is 69.8 Å². The fraction of sp³-hybridized carbons (Fsp3) is 0.320. The van der Waals surface area contributed by atoms with Crippen molar-refractivity contribution in [1.29, 1.82) is 0 Å². The average molecular weight is 545 g/mol. The van der Waals surface area contributed by atoms with E-state index in [1.807, 2.05) is 19.1 Å². The molecule has 9 nitrogen and oxygen atoms in total. The van der Waals surface area contributed by atoms with Gasteiger partial charge in [0, 0.05) is 35.2 Å². The highest BCUT2D eigenvalue weighted by Crippen LogP contribution is 2.32. The monoisotopic (exact) mass is 544 g/mol. The number of ether oxygens (including phenoxy) is 2. The number of carbonyl (C=O) groups excluding carboxylic acids is 3. The third-order valence-electron chi connectivity index (χ3n) is 5.39. The van der Waals surface area contributed by atoms with Gasteiger partial charge in [-0.1, -0.05) is 35.0 Å². The lowest BCUT2D eigenvalue weighted by Crippen LogP contribution is -2.48. The number of halogens is 1. The first kappa shape index (κ1) is 26.2. The van der Waals surface area contributed by atoms with Gasteiger partial charge in [-0.25, -0.2) is 14.4 Å². The number of allylic oxidation sites excluding steroid dienone is 1. The van der Waals surface area contributed by atoms with Crippen LogP contribution in [0.2, 0.25) is 0 Å². The fourth-order valence-corrected chi connectivity index (χ4v) is 3.93. The summed E-state index contributed by atoms with van der Waals surface area (Å²) < 4.78 is 11.3. The maximum atomic E-state index is 12.9. The van der Waals surface area contributed by atoms with Crippen molar-refractivity contribution in [2.45, 2.75) is 26.3 Å². The number of benzene rings is 2. The second-order valence-electron chi connectivity index (χ2n) is 7.87. The number of rotatable bonds is 9. The van der Waals surface area contributed by atoms with Gasteiger partial charge in [0.2, 0.25) is 0 Å².